The van der Waals surface area contributed by atoms with E-state index in [9.17, 15) is 14.0 Å². The van der Waals surface area contributed by atoms with Gasteiger partial charge in [0.15, 0.2) is 0 Å². The first-order valence-electron chi connectivity index (χ1n) is 9.81. The quantitative estimate of drug-likeness (QED) is 0.717. The van der Waals surface area contributed by atoms with E-state index >= 15 is 0 Å². The van der Waals surface area contributed by atoms with Crippen LogP contribution in [0.1, 0.15) is 28.8 Å². The van der Waals surface area contributed by atoms with Crippen LogP contribution in [0.25, 0.3) is 6.08 Å². The summed E-state index contributed by atoms with van der Waals surface area (Å²) in [5.41, 5.74) is 1.37. The summed E-state index contributed by atoms with van der Waals surface area (Å²) in [6.07, 6.45) is 4.95. The van der Waals surface area contributed by atoms with Crippen molar-refractivity contribution in [2.75, 3.05) is 25.4 Å². The lowest BCUT2D eigenvalue weighted by molar-refractivity contribution is -0.129. The molecule has 29 heavy (non-hydrogen) atoms. The molecule has 150 valence electrons. The maximum Gasteiger partial charge on any atom is 0.253 e. The Bertz CT molecular complexity index is 923. The van der Waals surface area contributed by atoms with Gasteiger partial charge in [0.25, 0.3) is 5.91 Å². The van der Waals surface area contributed by atoms with Crippen LogP contribution in [0.5, 0.6) is 0 Å². The van der Waals surface area contributed by atoms with Gasteiger partial charge in [0.05, 0.1) is 4.87 Å². The topological polar surface area (TPSA) is 40.6 Å². The van der Waals surface area contributed by atoms with Crippen LogP contribution >= 0.6 is 11.8 Å². The van der Waals surface area contributed by atoms with E-state index in [4.69, 9.17) is 0 Å². The zero-order chi connectivity index (χ0) is 20.3. The molecule has 0 aliphatic carbocycles. The molecule has 2 aromatic carbocycles. The first-order valence-corrected chi connectivity index (χ1v) is 10.8. The fourth-order valence-electron chi connectivity index (χ4n) is 4.02. The molecule has 4 rings (SSSR count). The minimum atomic E-state index is -0.405. The second-order valence-electron chi connectivity index (χ2n) is 7.33. The molecule has 2 fully saturated rings. The lowest BCUT2D eigenvalue weighted by atomic mass is 10.0. The van der Waals surface area contributed by atoms with Gasteiger partial charge in [-0.15, -0.1) is 11.8 Å². The molecule has 2 saturated heterocycles. The van der Waals surface area contributed by atoms with Crippen molar-refractivity contribution in [1.29, 1.82) is 0 Å². The largest absolute Gasteiger partial charge is 0.338 e. The second kappa shape index (κ2) is 8.41. The van der Waals surface area contributed by atoms with Crippen molar-refractivity contribution in [3.63, 3.8) is 0 Å². The highest BCUT2D eigenvalue weighted by Crippen LogP contribution is 2.44. The second-order valence-corrected chi connectivity index (χ2v) is 8.79. The Kier molecular flexibility index (Phi) is 5.72. The smallest absolute Gasteiger partial charge is 0.253 e. The predicted molar refractivity (Wildman–Crippen MR) is 114 cm³/mol. The molecule has 4 nitrogen and oxygen atoms in total. The number of hydrogen-bond donors (Lipinski definition) is 0. The molecule has 2 heterocycles. The average Bonchev–Trinajstić information content (AvgIpc) is 3.16. The highest BCUT2D eigenvalue weighted by molar-refractivity contribution is 8.00. The van der Waals surface area contributed by atoms with Gasteiger partial charge >= 0.3 is 0 Å². The van der Waals surface area contributed by atoms with Gasteiger partial charge in [-0.25, -0.2) is 4.39 Å². The van der Waals surface area contributed by atoms with E-state index < -0.39 is 5.82 Å². The highest BCUT2D eigenvalue weighted by Gasteiger charge is 2.46. The van der Waals surface area contributed by atoms with E-state index in [-0.39, 0.29) is 16.7 Å². The van der Waals surface area contributed by atoms with Gasteiger partial charge in [0.1, 0.15) is 5.82 Å². The molecule has 6 heteroatoms. The van der Waals surface area contributed by atoms with Crippen LogP contribution in [0.3, 0.4) is 0 Å². The maximum atomic E-state index is 13.4. The fourth-order valence-corrected chi connectivity index (χ4v) is 5.48. The number of halogens is 1. The summed E-state index contributed by atoms with van der Waals surface area (Å²) in [4.78, 5) is 29.0. The van der Waals surface area contributed by atoms with Crippen molar-refractivity contribution in [3.05, 3.63) is 77.6 Å². The summed E-state index contributed by atoms with van der Waals surface area (Å²) in [6, 6.07) is 15.6. The number of rotatable bonds is 3. The minimum Gasteiger partial charge on any atom is -0.338 e. The monoisotopic (exact) mass is 410 g/mol. The molecule has 0 unspecified atom stereocenters. The van der Waals surface area contributed by atoms with Crippen LogP contribution in [0.4, 0.5) is 4.39 Å². The first-order chi connectivity index (χ1) is 14.1. The predicted octanol–water partition coefficient (Wildman–Crippen LogP) is 4.05. The van der Waals surface area contributed by atoms with Gasteiger partial charge in [0, 0.05) is 37.0 Å². The number of amides is 2. The summed E-state index contributed by atoms with van der Waals surface area (Å²) >= 11 is 1.81. The number of nitrogens with zero attached hydrogens (tertiary/aromatic N) is 2. The third-order valence-electron chi connectivity index (χ3n) is 5.57. The van der Waals surface area contributed by atoms with Crippen LogP contribution in [0, 0.1) is 5.82 Å². The van der Waals surface area contributed by atoms with Crippen molar-refractivity contribution in [3.8, 4) is 0 Å². The SMILES string of the molecule is O=C(c1cccc(F)c1)N1CCC2(CC1)SCCN2C(=O)/C=C/c1ccccc1. The Morgan fingerprint density at radius 3 is 2.48 bits per heavy atom. The summed E-state index contributed by atoms with van der Waals surface area (Å²) in [6.45, 7) is 1.85. The number of thioether (sulfide) groups is 1. The van der Waals surface area contributed by atoms with Crippen LogP contribution in [0.15, 0.2) is 60.7 Å². The number of benzene rings is 2. The molecular weight excluding hydrogens is 387 g/mol. The molecule has 2 aromatic rings. The molecule has 2 aliphatic rings. The minimum absolute atomic E-state index is 0.0174. The van der Waals surface area contributed by atoms with Crippen molar-refractivity contribution in [1.82, 2.24) is 9.80 Å². The van der Waals surface area contributed by atoms with E-state index in [1.165, 1.54) is 12.1 Å². The van der Waals surface area contributed by atoms with E-state index in [0.29, 0.717) is 18.7 Å². The number of piperidine rings is 1. The fraction of sp³-hybridized carbons (Fsp3) is 0.304. The zero-order valence-corrected chi connectivity index (χ0v) is 16.9. The van der Waals surface area contributed by atoms with Gasteiger partial charge in [-0.1, -0.05) is 36.4 Å². The molecule has 0 N–H and O–H groups in total. The normalized spacial score (nSPS) is 18.5. The van der Waals surface area contributed by atoms with Crippen molar-refractivity contribution in [2.45, 2.75) is 17.7 Å². The van der Waals surface area contributed by atoms with Crippen LogP contribution in [0.2, 0.25) is 0 Å². The first kappa shape index (κ1) is 19.7. The van der Waals surface area contributed by atoms with Crippen molar-refractivity contribution < 1.29 is 14.0 Å². The molecule has 0 radical (unpaired) electrons. The Balaban J connectivity index is 1.42. The lowest BCUT2D eigenvalue weighted by Gasteiger charge is -2.43. The van der Waals surface area contributed by atoms with Gasteiger partial charge in [-0.3, -0.25) is 9.59 Å². The summed E-state index contributed by atoms with van der Waals surface area (Å²) in [7, 11) is 0. The standard InChI is InChI=1S/C23H23FN2O2S/c24-20-8-4-7-19(17-20)22(28)25-13-11-23(12-14-25)26(15-16-29-23)21(27)10-9-18-5-2-1-3-6-18/h1-10,17H,11-16H2/b10-9+. The highest BCUT2D eigenvalue weighted by atomic mass is 32.2. The average molecular weight is 411 g/mol. The summed E-state index contributed by atoms with van der Waals surface area (Å²) < 4.78 is 13.4. The molecule has 2 amide bonds. The Morgan fingerprint density at radius 1 is 1.00 bits per heavy atom. The molecular formula is C23H23FN2O2S. The van der Waals surface area contributed by atoms with Gasteiger partial charge in [-0.2, -0.15) is 0 Å². The third-order valence-corrected chi connectivity index (χ3v) is 7.12. The summed E-state index contributed by atoms with van der Waals surface area (Å²) in [5, 5.41) is 0. The molecule has 0 atom stereocenters. The van der Waals surface area contributed by atoms with Gasteiger partial charge < -0.3 is 9.80 Å². The zero-order valence-electron chi connectivity index (χ0n) is 16.1. The Labute approximate surface area is 174 Å². The Hall–Kier alpha value is -2.60. The van der Waals surface area contributed by atoms with E-state index in [1.54, 1.807) is 23.1 Å². The van der Waals surface area contributed by atoms with Gasteiger partial charge in [-0.05, 0) is 42.7 Å². The number of carbonyl (C=O) groups excluding carboxylic acids is 2. The Morgan fingerprint density at radius 2 is 1.76 bits per heavy atom. The summed E-state index contributed by atoms with van der Waals surface area (Å²) in [5.74, 6) is 0.369. The third kappa shape index (κ3) is 4.22. The van der Waals surface area contributed by atoms with Gasteiger partial charge in [0.2, 0.25) is 5.91 Å². The molecule has 0 saturated carbocycles. The molecule has 0 aromatic heterocycles. The van der Waals surface area contributed by atoms with Crippen LogP contribution in [-0.4, -0.2) is 51.9 Å². The van der Waals surface area contributed by atoms with E-state index in [1.807, 2.05) is 53.1 Å². The van der Waals surface area contributed by atoms with Crippen LogP contribution in [-0.2, 0) is 4.79 Å². The molecule has 1 spiro atoms. The van der Waals surface area contributed by atoms with Crippen molar-refractivity contribution >= 4 is 29.7 Å². The van der Waals surface area contributed by atoms with Crippen LogP contribution < -0.4 is 0 Å². The maximum absolute atomic E-state index is 13.4. The number of carbonyl (C=O) groups is 2. The van der Waals surface area contributed by atoms with E-state index in [0.717, 1.165) is 30.7 Å². The van der Waals surface area contributed by atoms with E-state index in [2.05, 4.69) is 0 Å². The number of likely N-dealkylation sites (tertiary alicyclic amines) is 1. The number of hydrogen-bond acceptors (Lipinski definition) is 3. The van der Waals surface area contributed by atoms with Crippen molar-refractivity contribution in [2.24, 2.45) is 0 Å². The molecule has 0 bridgehead atoms. The molecule has 2 aliphatic heterocycles. The lowest BCUT2D eigenvalue weighted by Crippen LogP contribution is -2.53.